The highest BCUT2D eigenvalue weighted by atomic mass is 32.2. The highest BCUT2D eigenvalue weighted by Crippen LogP contribution is 2.50. The molecule has 2 fully saturated rings. The van der Waals surface area contributed by atoms with Crippen molar-refractivity contribution in [3.63, 3.8) is 0 Å². The quantitative estimate of drug-likeness (QED) is 0.881. The van der Waals surface area contributed by atoms with Crippen LogP contribution in [0.25, 0.3) is 0 Å². The predicted octanol–water partition coefficient (Wildman–Crippen LogP) is 0.586. The third kappa shape index (κ3) is 2.15. The first-order valence-electron chi connectivity index (χ1n) is 6.27. The van der Waals surface area contributed by atoms with Gasteiger partial charge in [0.1, 0.15) is 0 Å². The summed E-state index contributed by atoms with van der Waals surface area (Å²) in [6.07, 6.45) is 0.822. The van der Waals surface area contributed by atoms with Crippen LogP contribution in [-0.4, -0.2) is 37.9 Å². The Morgan fingerprint density at radius 2 is 2.05 bits per heavy atom. The van der Waals surface area contributed by atoms with Gasteiger partial charge in [-0.1, -0.05) is 18.2 Å². The molecule has 5 nitrogen and oxygen atoms in total. The van der Waals surface area contributed by atoms with Crippen LogP contribution >= 0.6 is 0 Å². The van der Waals surface area contributed by atoms with Crippen molar-refractivity contribution in [1.29, 1.82) is 0 Å². The smallest absolute Gasteiger partial charge is 0.241 e. The third-order valence-electron chi connectivity index (χ3n) is 3.98. The highest BCUT2D eigenvalue weighted by molar-refractivity contribution is 7.89. The zero-order valence-corrected chi connectivity index (χ0v) is 11.5. The molecule has 1 unspecified atom stereocenters. The number of nitrogens with one attached hydrogen (secondary N) is 1. The van der Waals surface area contributed by atoms with Crippen LogP contribution in [0.1, 0.15) is 13.3 Å². The van der Waals surface area contributed by atoms with E-state index in [9.17, 15) is 13.2 Å². The van der Waals surface area contributed by atoms with Crippen LogP contribution in [0.15, 0.2) is 35.2 Å². The minimum absolute atomic E-state index is 0.00508. The fraction of sp³-hybridized carbons (Fsp3) is 0.462. The van der Waals surface area contributed by atoms with E-state index in [2.05, 4.69) is 4.72 Å². The van der Waals surface area contributed by atoms with Crippen LogP contribution in [0, 0.1) is 5.92 Å². The number of amides is 1. The molecule has 1 amide bonds. The van der Waals surface area contributed by atoms with Gasteiger partial charge in [-0.3, -0.25) is 4.79 Å². The Morgan fingerprint density at radius 3 is 2.63 bits per heavy atom. The average Bonchev–Trinajstić information content (AvgIpc) is 2.90. The lowest BCUT2D eigenvalue weighted by Gasteiger charge is -2.20. The predicted molar refractivity (Wildman–Crippen MR) is 69.9 cm³/mol. The SMILES string of the molecule is CC(=O)N1CC2C[C@]2(NS(=O)(=O)c2ccccc2)C1. The number of piperidine rings is 1. The lowest BCUT2D eigenvalue weighted by molar-refractivity contribution is -0.128. The topological polar surface area (TPSA) is 66.5 Å². The summed E-state index contributed by atoms with van der Waals surface area (Å²) in [6, 6.07) is 8.34. The molecule has 102 valence electrons. The van der Waals surface area contributed by atoms with Crippen molar-refractivity contribution in [2.45, 2.75) is 23.8 Å². The molecule has 1 N–H and O–H groups in total. The number of fused-ring (bicyclic) bond motifs is 1. The summed E-state index contributed by atoms with van der Waals surface area (Å²) in [4.78, 5) is 13.3. The average molecular weight is 280 g/mol. The first-order chi connectivity index (χ1) is 8.93. The molecule has 1 heterocycles. The fourth-order valence-electron chi connectivity index (χ4n) is 2.81. The van der Waals surface area contributed by atoms with Gasteiger partial charge in [-0.15, -0.1) is 0 Å². The van der Waals surface area contributed by atoms with E-state index < -0.39 is 15.6 Å². The molecule has 2 aliphatic rings. The van der Waals surface area contributed by atoms with Crippen LogP contribution < -0.4 is 4.72 Å². The van der Waals surface area contributed by atoms with Crippen molar-refractivity contribution in [3.05, 3.63) is 30.3 Å². The third-order valence-corrected chi connectivity index (χ3v) is 5.55. The lowest BCUT2D eigenvalue weighted by atomic mass is 10.3. The molecule has 19 heavy (non-hydrogen) atoms. The second-order valence-corrected chi connectivity index (χ2v) is 7.06. The van der Waals surface area contributed by atoms with Crippen LogP contribution in [0.5, 0.6) is 0 Å². The molecule has 1 saturated carbocycles. The molecule has 1 aromatic rings. The number of sulfonamides is 1. The Balaban J connectivity index is 1.79. The number of carbonyl (C=O) groups is 1. The first-order valence-corrected chi connectivity index (χ1v) is 7.76. The molecule has 6 heteroatoms. The lowest BCUT2D eigenvalue weighted by Crippen LogP contribution is -2.43. The van der Waals surface area contributed by atoms with Gasteiger partial charge in [0.05, 0.1) is 10.4 Å². The molecule has 3 rings (SSSR count). The van der Waals surface area contributed by atoms with E-state index in [4.69, 9.17) is 0 Å². The number of hydrogen-bond donors (Lipinski definition) is 1. The van der Waals surface area contributed by atoms with E-state index in [1.54, 1.807) is 35.2 Å². The minimum atomic E-state index is -3.50. The molecular weight excluding hydrogens is 264 g/mol. The molecule has 1 aromatic carbocycles. The van der Waals surface area contributed by atoms with Crippen molar-refractivity contribution in [2.24, 2.45) is 5.92 Å². The monoisotopic (exact) mass is 280 g/mol. The van der Waals surface area contributed by atoms with Crippen molar-refractivity contribution >= 4 is 15.9 Å². The summed E-state index contributed by atoms with van der Waals surface area (Å²) in [7, 11) is -3.50. The maximum atomic E-state index is 12.3. The van der Waals surface area contributed by atoms with Gasteiger partial charge in [0.25, 0.3) is 0 Å². The van der Waals surface area contributed by atoms with E-state index >= 15 is 0 Å². The first kappa shape index (κ1) is 12.6. The van der Waals surface area contributed by atoms with E-state index in [0.717, 1.165) is 6.42 Å². The zero-order chi connectivity index (χ0) is 13.7. The van der Waals surface area contributed by atoms with Gasteiger partial charge in [0, 0.05) is 20.0 Å². The van der Waals surface area contributed by atoms with Gasteiger partial charge < -0.3 is 4.90 Å². The largest absolute Gasteiger partial charge is 0.341 e. The number of rotatable bonds is 3. The standard InChI is InChI=1S/C13H16N2O3S/c1-10(16)15-8-11-7-13(11,9-15)14-19(17,18)12-5-3-2-4-6-12/h2-6,11,14H,7-9H2,1H3/t11?,13-/m0/s1. The van der Waals surface area contributed by atoms with Gasteiger partial charge in [0.2, 0.25) is 15.9 Å². The Labute approximate surface area is 112 Å². The van der Waals surface area contributed by atoms with Crippen LogP contribution in [-0.2, 0) is 14.8 Å². The van der Waals surface area contributed by atoms with Crippen molar-refractivity contribution in [2.75, 3.05) is 13.1 Å². The van der Waals surface area contributed by atoms with E-state index in [1.807, 2.05) is 0 Å². The Hall–Kier alpha value is -1.40. The summed E-state index contributed by atoms with van der Waals surface area (Å²) >= 11 is 0. The van der Waals surface area contributed by atoms with Gasteiger partial charge in [-0.25, -0.2) is 13.1 Å². The fourth-order valence-corrected chi connectivity index (χ4v) is 4.29. The number of hydrogen-bond acceptors (Lipinski definition) is 3. The minimum Gasteiger partial charge on any atom is -0.341 e. The van der Waals surface area contributed by atoms with Crippen molar-refractivity contribution < 1.29 is 13.2 Å². The molecule has 1 aliphatic heterocycles. The molecule has 0 spiro atoms. The van der Waals surface area contributed by atoms with Gasteiger partial charge in [-0.2, -0.15) is 0 Å². The van der Waals surface area contributed by atoms with E-state index in [-0.39, 0.29) is 16.7 Å². The molecule has 0 bridgehead atoms. The van der Waals surface area contributed by atoms with E-state index in [1.165, 1.54) is 6.92 Å². The van der Waals surface area contributed by atoms with Crippen molar-refractivity contribution in [3.8, 4) is 0 Å². The zero-order valence-electron chi connectivity index (χ0n) is 10.7. The number of benzene rings is 1. The summed E-state index contributed by atoms with van der Waals surface area (Å²) in [5, 5.41) is 0. The number of nitrogens with zero attached hydrogens (tertiary/aromatic N) is 1. The molecule has 1 saturated heterocycles. The Kier molecular flexibility index (Phi) is 2.69. The second kappa shape index (κ2) is 4.05. The number of carbonyl (C=O) groups excluding carboxylic acids is 1. The summed E-state index contributed by atoms with van der Waals surface area (Å²) < 4.78 is 27.3. The Bertz CT molecular complexity index is 614. The van der Waals surface area contributed by atoms with Crippen LogP contribution in [0.3, 0.4) is 0 Å². The van der Waals surface area contributed by atoms with Gasteiger partial charge >= 0.3 is 0 Å². The van der Waals surface area contributed by atoms with Gasteiger partial charge in [0.15, 0.2) is 0 Å². The normalized spacial score (nSPS) is 29.1. The maximum absolute atomic E-state index is 12.3. The van der Waals surface area contributed by atoms with Gasteiger partial charge in [-0.05, 0) is 24.5 Å². The summed E-state index contributed by atoms with van der Waals surface area (Å²) in [5.74, 6) is 0.264. The molecule has 2 atom stereocenters. The van der Waals surface area contributed by atoms with E-state index in [0.29, 0.717) is 13.1 Å². The highest BCUT2D eigenvalue weighted by Gasteiger charge is 2.62. The molecule has 0 aromatic heterocycles. The summed E-state index contributed by atoms with van der Waals surface area (Å²) in [5.41, 5.74) is -0.430. The Morgan fingerprint density at radius 1 is 1.37 bits per heavy atom. The molecule has 1 aliphatic carbocycles. The summed E-state index contributed by atoms with van der Waals surface area (Å²) in [6.45, 7) is 2.66. The molecular formula is C13H16N2O3S. The second-order valence-electron chi connectivity index (χ2n) is 5.38. The van der Waals surface area contributed by atoms with Crippen LogP contribution in [0.2, 0.25) is 0 Å². The number of likely N-dealkylation sites (tertiary alicyclic amines) is 1. The molecule has 0 radical (unpaired) electrons. The van der Waals surface area contributed by atoms with Crippen LogP contribution in [0.4, 0.5) is 0 Å². The maximum Gasteiger partial charge on any atom is 0.241 e. The van der Waals surface area contributed by atoms with Crippen molar-refractivity contribution in [1.82, 2.24) is 9.62 Å².